The smallest absolute Gasteiger partial charge is 0.237 e. The topological polar surface area (TPSA) is 57.3 Å². The van der Waals surface area contributed by atoms with Gasteiger partial charge in [0.1, 0.15) is 0 Å². The average molecular weight is 302 g/mol. The summed E-state index contributed by atoms with van der Waals surface area (Å²) in [6.45, 7) is 5.98. The van der Waals surface area contributed by atoms with Crippen molar-refractivity contribution < 1.29 is 4.79 Å². The van der Waals surface area contributed by atoms with E-state index in [0.29, 0.717) is 5.92 Å². The number of rotatable bonds is 4. The summed E-state index contributed by atoms with van der Waals surface area (Å²) in [6, 6.07) is 2.13. The summed E-state index contributed by atoms with van der Waals surface area (Å²) >= 11 is 0. The van der Waals surface area contributed by atoms with Gasteiger partial charge in [0, 0.05) is 37.7 Å². The maximum absolute atomic E-state index is 12.1. The SMILES string of the molecule is Cc1cnccc1N1CCCC(CNC(=O)C2CCCN2)C1. The highest BCUT2D eigenvalue weighted by atomic mass is 16.2. The van der Waals surface area contributed by atoms with Crippen LogP contribution in [-0.4, -0.2) is 43.1 Å². The van der Waals surface area contributed by atoms with Crippen molar-refractivity contribution in [2.75, 3.05) is 31.1 Å². The van der Waals surface area contributed by atoms with Crippen LogP contribution in [0, 0.1) is 12.8 Å². The molecule has 2 unspecified atom stereocenters. The van der Waals surface area contributed by atoms with Crippen molar-refractivity contribution >= 4 is 11.6 Å². The molecule has 3 rings (SSSR count). The van der Waals surface area contributed by atoms with E-state index < -0.39 is 0 Å². The van der Waals surface area contributed by atoms with Crippen LogP contribution in [0.2, 0.25) is 0 Å². The molecule has 0 aliphatic carbocycles. The predicted molar refractivity (Wildman–Crippen MR) is 87.9 cm³/mol. The van der Waals surface area contributed by atoms with Crippen molar-refractivity contribution in [3.05, 3.63) is 24.0 Å². The number of hydrogen-bond donors (Lipinski definition) is 2. The molecule has 2 aliphatic heterocycles. The van der Waals surface area contributed by atoms with E-state index in [0.717, 1.165) is 39.0 Å². The number of carbonyl (C=O) groups excluding carboxylic acids is 1. The van der Waals surface area contributed by atoms with Gasteiger partial charge in [0.2, 0.25) is 5.91 Å². The predicted octanol–water partition coefficient (Wildman–Crippen LogP) is 1.47. The second-order valence-corrected chi connectivity index (χ2v) is 6.51. The lowest BCUT2D eigenvalue weighted by Gasteiger charge is -2.35. The average Bonchev–Trinajstić information content (AvgIpc) is 3.08. The zero-order valence-corrected chi connectivity index (χ0v) is 13.3. The van der Waals surface area contributed by atoms with E-state index in [-0.39, 0.29) is 11.9 Å². The van der Waals surface area contributed by atoms with Gasteiger partial charge < -0.3 is 15.5 Å². The van der Waals surface area contributed by atoms with Crippen LogP contribution in [0.5, 0.6) is 0 Å². The number of pyridine rings is 1. The number of aromatic nitrogens is 1. The Morgan fingerprint density at radius 1 is 1.45 bits per heavy atom. The van der Waals surface area contributed by atoms with Crippen molar-refractivity contribution in [3.63, 3.8) is 0 Å². The number of hydrogen-bond acceptors (Lipinski definition) is 4. The van der Waals surface area contributed by atoms with Crippen LogP contribution in [0.15, 0.2) is 18.5 Å². The second-order valence-electron chi connectivity index (χ2n) is 6.51. The zero-order chi connectivity index (χ0) is 15.4. The lowest BCUT2D eigenvalue weighted by Crippen LogP contribution is -2.45. The summed E-state index contributed by atoms with van der Waals surface area (Å²) in [7, 11) is 0. The molecule has 0 saturated carbocycles. The maximum Gasteiger partial charge on any atom is 0.237 e. The molecule has 3 heterocycles. The highest BCUT2D eigenvalue weighted by Gasteiger charge is 2.25. The second kappa shape index (κ2) is 7.09. The van der Waals surface area contributed by atoms with E-state index in [2.05, 4.69) is 33.5 Å². The summed E-state index contributed by atoms with van der Waals surface area (Å²) < 4.78 is 0. The first kappa shape index (κ1) is 15.3. The van der Waals surface area contributed by atoms with Crippen LogP contribution in [-0.2, 0) is 4.79 Å². The maximum atomic E-state index is 12.1. The molecule has 0 bridgehead atoms. The minimum absolute atomic E-state index is 0.0298. The molecule has 1 amide bonds. The Kier molecular flexibility index (Phi) is 4.93. The van der Waals surface area contributed by atoms with Crippen LogP contribution in [0.1, 0.15) is 31.2 Å². The van der Waals surface area contributed by atoms with Gasteiger partial charge in [0.25, 0.3) is 0 Å². The Morgan fingerprint density at radius 3 is 3.14 bits per heavy atom. The number of nitrogens with one attached hydrogen (secondary N) is 2. The number of anilines is 1. The number of carbonyl (C=O) groups is 1. The van der Waals surface area contributed by atoms with E-state index >= 15 is 0 Å². The van der Waals surface area contributed by atoms with Gasteiger partial charge in [-0.05, 0) is 56.7 Å². The standard InChI is InChI=1S/C17H26N4O/c1-13-10-18-8-6-16(13)21-9-3-4-14(12-21)11-20-17(22)15-5-2-7-19-15/h6,8,10,14-15,19H,2-5,7,9,11-12H2,1H3,(H,20,22). The van der Waals surface area contributed by atoms with Gasteiger partial charge in [-0.2, -0.15) is 0 Å². The van der Waals surface area contributed by atoms with Crippen molar-refractivity contribution in [1.82, 2.24) is 15.6 Å². The minimum atomic E-state index is 0.0298. The normalized spacial score (nSPS) is 25.2. The molecule has 22 heavy (non-hydrogen) atoms. The molecular formula is C17H26N4O. The fourth-order valence-electron chi connectivity index (χ4n) is 3.55. The lowest BCUT2D eigenvalue weighted by molar-refractivity contribution is -0.122. The Hall–Kier alpha value is -1.62. The molecule has 5 nitrogen and oxygen atoms in total. The number of amides is 1. The molecule has 5 heteroatoms. The van der Waals surface area contributed by atoms with Crippen LogP contribution < -0.4 is 15.5 Å². The van der Waals surface area contributed by atoms with Gasteiger partial charge in [-0.3, -0.25) is 9.78 Å². The van der Waals surface area contributed by atoms with E-state index in [1.54, 1.807) is 0 Å². The van der Waals surface area contributed by atoms with Crippen molar-refractivity contribution in [3.8, 4) is 0 Å². The molecule has 2 N–H and O–H groups in total. The van der Waals surface area contributed by atoms with Gasteiger partial charge in [-0.15, -0.1) is 0 Å². The molecule has 2 saturated heterocycles. The summed E-state index contributed by atoms with van der Waals surface area (Å²) in [6.07, 6.45) is 8.24. The fraction of sp³-hybridized carbons (Fsp3) is 0.647. The summed E-state index contributed by atoms with van der Waals surface area (Å²) in [4.78, 5) is 18.7. The summed E-state index contributed by atoms with van der Waals surface area (Å²) in [5, 5.41) is 6.40. The molecule has 1 aromatic heterocycles. The quantitative estimate of drug-likeness (QED) is 0.884. The molecule has 1 aromatic rings. The fourth-order valence-corrected chi connectivity index (χ4v) is 3.55. The summed E-state index contributed by atoms with van der Waals surface area (Å²) in [5.74, 6) is 0.710. The highest BCUT2D eigenvalue weighted by Crippen LogP contribution is 2.25. The molecular weight excluding hydrogens is 276 g/mol. The first-order valence-corrected chi connectivity index (χ1v) is 8.40. The molecule has 2 atom stereocenters. The Bertz CT molecular complexity index is 513. The summed E-state index contributed by atoms with van der Waals surface area (Å²) in [5.41, 5.74) is 2.51. The first-order valence-electron chi connectivity index (χ1n) is 8.40. The van der Waals surface area contributed by atoms with Crippen molar-refractivity contribution in [2.24, 2.45) is 5.92 Å². The van der Waals surface area contributed by atoms with Crippen LogP contribution in [0.25, 0.3) is 0 Å². The van der Waals surface area contributed by atoms with Crippen LogP contribution in [0.4, 0.5) is 5.69 Å². The van der Waals surface area contributed by atoms with E-state index in [9.17, 15) is 4.79 Å². The van der Waals surface area contributed by atoms with E-state index in [1.807, 2.05) is 12.4 Å². The van der Waals surface area contributed by atoms with Crippen molar-refractivity contribution in [1.29, 1.82) is 0 Å². The largest absolute Gasteiger partial charge is 0.371 e. The third kappa shape index (κ3) is 3.58. The van der Waals surface area contributed by atoms with Crippen LogP contribution in [0.3, 0.4) is 0 Å². The van der Waals surface area contributed by atoms with Gasteiger partial charge in [-0.1, -0.05) is 0 Å². The Balaban J connectivity index is 1.52. The molecule has 0 aromatic carbocycles. The van der Waals surface area contributed by atoms with Gasteiger partial charge in [0.05, 0.1) is 6.04 Å². The third-order valence-corrected chi connectivity index (χ3v) is 4.79. The number of piperidine rings is 1. The molecule has 0 radical (unpaired) electrons. The van der Waals surface area contributed by atoms with Crippen molar-refractivity contribution in [2.45, 2.75) is 38.6 Å². The third-order valence-electron chi connectivity index (χ3n) is 4.79. The number of aryl methyl sites for hydroxylation is 1. The molecule has 2 aliphatic rings. The number of nitrogens with zero attached hydrogens (tertiary/aromatic N) is 2. The molecule has 2 fully saturated rings. The van der Waals surface area contributed by atoms with Crippen LogP contribution >= 0.6 is 0 Å². The molecule has 120 valence electrons. The van der Waals surface area contributed by atoms with Gasteiger partial charge in [0.15, 0.2) is 0 Å². The Labute approximate surface area is 132 Å². The monoisotopic (exact) mass is 302 g/mol. The van der Waals surface area contributed by atoms with E-state index in [1.165, 1.54) is 24.1 Å². The minimum Gasteiger partial charge on any atom is -0.371 e. The van der Waals surface area contributed by atoms with Gasteiger partial charge >= 0.3 is 0 Å². The van der Waals surface area contributed by atoms with E-state index in [4.69, 9.17) is 0 Å². The highest BCUT2D eigenvalue weighted by molar-refractivity contribution is 5.82. The Morgan fingerprint density at radius 2 is 2.36 bits per heavy atom. The first-order chi connectivity index (χ1) is 10.7. The van der Waals surface area contributed by atoms with Gasteiger partial charge in [-0.25, -0.2) is 0 Å². The lowest BCUT2D eigenvalue weighted by atomic mass is 9.97. The zero-order valence-electron chi connectivity index (χ0n) is 13.3. The molecule has 0 spiro atoms.